The molecule has 0 aliphatic rings. The maximum Gasteiger partial charge on any atom is 0.187 e. The van der Waals surface area contributed by atoms with E-state index in [4.69, 9.17) is 0 Å². The Labute approximate surface area is 69.3 Å². The first-order chi connectivity index (χ1) is 5.33. The standard InChI is InChI=1S/C7H9FN2S/c1-6-2-4-9-7(10-6)11-5-3-8/h2,4H,3,5H2,1H3. The van der Waals surface area contributed by atoms with Crippen molar-refractivity contribution in [2.24, 2.45) is 0 Å². The fraction of sp³-hybridized carbons (Fsp3) is 0.429. The molecule has 1 aromatic rings. The summed E-state index contributed by atoms with van der Waals surface area (Å²) < 4.78 is 11.7. The van der Waals surface area contributed by atoms with Gasteiger partial charge in [-0.2, -0.15) is 0 Å². The maximum atomic E-state index is 11.7. The van der Waals surface area contributed by atoms with E-state index in [9.17, 15) is 4.39 Å². The van der Waals surface area contributed by atoms with E-state index in [2.05, 4.69) is 9.97 Å². The molecule has 0 aliphatic carbocycles. The number of aromatic nitrogens is 2. The van der Waals surface area contributed by atoms with Crippen molar-refractivity contribution < 1.29 is 4.39 Å². The number of hydrogen-bond acceptors (Lipinski definition) is 3. The van der Waals surface area contributed by atoms with Crippen LogP contribution in [0.1, 0.15) is 5.69 Å². The molecule has 2 nitrogen and oxygen atoms in total. The summed E-state index contributed by atoms with van der Waals surface area (Å²) in [6.07, 6.45) is 1.68. The lowest BCUT2D eigenvalue weighted by Crippen LogP contribution is -1.89. The molecule has 0 saturated carbocycles. The summed E-state index contributed by atoms with van der Waals surface area (Å²) in [5.41, 5.74) is 0.918. The molecule has 60 valence electrons. The molecule has 0 radical (unpaired) electrons. The molecule has 0 aromatic carbocycles. The summed E-state index contributed by atoms with van der Waals surface area (Å²) in [7, 11) is 0. The van der Waals surface area contributed by atoms with Gasteiger partial charge in [-0.3, -0.25) is 4.39 Å². The van der Waals surface area contributed by atoms with Crippen molar-refractivity contribution in [3.05, 3.63) is 18.0 Å². The molecule has 0 saturated heterocycles. The molecule has 0 spiro atoms. The topological polar surface area (TPSA) is 25.8 Å². The van der Waals surface area contributed by atoms with Gasteiger partial charge in [0, 0.05) is 17.6 Å². The second kappa shape index (κ2) is 4.28. The van der Waals surface area contributed by atoms with Gasteiger partial charge in [0.2, 0.25) is 0 Å². The van der Waals surface area contributed by atoms with Crippen molar-refractivity contribution in [1.82, 2.24) is 9.97 Å². The molecule has 0 aliphatic heterocycles. The Kier molecular flexibility index (Phi) is 3.29. The Morgan fingerprint density at radius 3 is 3.09 bits per heavy atom. The highest BCUT2D eigenvalue weighted by Gasteiger charge is 1.95. The lowest BCUT2D eigenvalue weighted by molar-refractivity contribution is 0.532. The molecule has 1 heterocycles. The number of nitrogens with zero attached hydrogens (tertiary/aromatic N) is 2. The molecular formula is C7H9FN2S. The van der Waals surface area contributed by atoms with E-state index in [1.165, 1.54) is 11.8 Å². The van der Waals surface area contributed by atoms with E-state index in [1.54, 1.807) is 6.20 Å². The van der Waals surface area contributed by atoms with E-state index in [0.717, 1.165) is 5.69 Å². The second-order valence-corrected chi connectivity index (χ2v) is 3.08. The zero-order valence-corrected chi connectivity index (χ0v) is 7.07. The summed E-state index contributed by atoms with van der Waals surface area (Å²) in [6, 6.07) is 1.82. The van der Waals surface area contributed by atoms with Gasteiger partial charge in [0.1, 0.15) is 0 Å². The predicted molar refractivity (Wildman–Crippen MR) is 43.5 cm³/mol. The second-order valence-electron chi connectivity index (χ2n) is 2.02. The first-order valence-corrected chi connectivity index (χ1v) is 4.30. The summed E-state index contributed by atoms with van der Waals surface area (Å²) in [5.74, 6) is 0.434. The van der Waals surface area contributed by atoms with E-state index in [-0.39, 0.29) is 6.67 Å². The van der Waals surface area contributed by atoms with Gasteiger partial charge >= 0.3 is 0 Å². The summed E-state index contributed by atoms with van der Waals surface area (Å²) in [6.45, 7) is 1.56. The zero-order valence-electron chi connectivity index (χ0n) is 6.25. The van der Waals surface area contributed by atoms with Crippen molar-refractivity contribution in [3.8, 4) is 0 Å². The lowest BCUT2D eigenvalue weighted by atomic mass is 10.5. The van der Waals surface area contributed by atoms with E-state index in [0.29, 0.717) is 10.9 Å². The van der Waals surface area contributed by atoms with Crippen LogP contribution in [0.25, 0.3) is 0 Å². The van der Waals surface area contributed by atoms with Crippen LogP contribution in [0.15, 0.2) is 17.4 Å². The van der Waals surface area contributed by atoms with Gasteiger partial charge in [0.15, 0.2) is 5.16 Å². The molecule has 0 atom stereocenters. The van der Waals surface area contributed by atoms with Crippen LogP contribution < -0.4 is 0 Å². The van der Waals surface area contributed by atoms with Crippen LogP contribution in [0, 0.1) is 6.92 Å². The Balaban J connectivity index is 2.56. The van der Waals surface area contributed by atoms with Gasteiger partial charge in [0.25, 0.3) is 0 Å². The summed E-state index contributed by atoms with van der Waals surface area (Å²) in [5, 5.41) is 0.655. The van der Waals surface area contributed by atoms with Gasteiger partial charge in [-0.05, 0) is 13.0 Å². The van der Waals surface area contributed by atoms with Gasteiger partial charge in [-0.15, -0.1) is 0 Å². The van der Waals surface area contributed by atoms with E-state index >= 15 is 0 Å². The zero-order chi connectivity index (χ0) is 8.10. The van der Waals surface area contributed by atoms with Gasteiger partial charge in [-0.1, -0.05) is 11.8 Å². The Hall–Kier alpha value is -0.640. The highest BCUT2D eigenvalue weighted by atomic mass is 32.2. The number of rotatable bonds is 3. The minimum Gasteiger partial charge on any atom is -0.250 e. The van der Waals surface area contributed by atoms with Crippen molar-refractivity contribution in [2.45, 2.75) is 12.1 Å². The predicted octanol–water partition coefficient (Wildman–Crippen LogP) is 1.85. The molecular weight excluding hydrogens is 163 g/mol. The summed E-state index contributed by atoms with van der Waals surface area (Å²) in [4.78, 5) is 8.06. The first-order valence-electron chi connectivity index (χ1n) is 3.31. The average Bonchev–Trinajstić information content (AvgIpc) is 2.01. The van der Waals surface area contributed by atoms with Crippen molar-refractivity contribution in [3.63, 3.8) is 0 Å². The van der Waals surface area contributed by atoms with E-state index in [1.807, 2.05) is 13.0 Å². The van der Waals surface area contributed by atoms with Gasteiger partial charge < -0.3 is 0 Å². The van der Waals surface area contributed by atoms with Gasteiger partial charge in [-0.25, -0.2) is 9.97 Å². The van der Waals surface area contributed by atoms with Gasteiger partial charge in [0.05, 0.1) is 6.67 Å². The SMILES string of the molecule is Cc1ccnc(SCCF)n1. The number of halogens is 1. The number of aryl methyl sites for hydroxylation is 1. The molecule has 0 N–H and O–H groups in total. The Morgan fingerprint density at radius 2 is 2.45 bits per heavy atom. The third-order valence-corrected chi connectivity index (χ3v) is 1.89. The van der Waals surface area contributed by atoms with Crippen LogP contribution in [-0.4, -0.2) is 22.4 Å². The fourth-order valence-corrected chi connectivity index (χ4v) is 1.23. The lowest BCUT2D eigenvalue weighted by Gasteiger charge is -1.96. The Bertz CT molecular complexity index is 229. The van der Waals surface area contributed by atoms with Crippen LogP contribution in [0.4, 0.5) is 4.39 Å². The van der Waals surface area contributed by atoms with Crippen LogP contribution in [-0.2, 0) is 0 Å². The Morgan fingerprint density at radius 1 is 1.64 bits per heavy atom. The van der Waals surface area contributed by atoms with Crippen molar-refractivity contribution >= 4 is 11.8 Å². The van der Waals surface area contributed by atoms with Crippen molar-refractivity contribution in [1.29, 1.82) is 0 Å². The monoisotopic (exact) mass is 172 g/mol. The van der Waals surface area contributed by atoms with Crippen LogP contribution in [0.5, 0.6) is 0 Å². The van der Waals surface area contributed by atoms with E-state index < -0.39 is 0 Å². The van der Waals surface area contributed by atoms with Crippen LogP contribution in [0.2, 0.25) is 0 Å². The minimum absolute atomic E-state index is 0.331. The molecule has 0 fully saturated rings. The largest absolute Gasteiger partial charge is 0.250 e. The molecule has 1 aromatic heterocycles. The smallest absolute Gasteiger partial charge is 0.187 e. The molecule has 4 heteroatoms. The third-order valence-electron chi connectivity index (χ3n) is 1.08. The first kappa shape index (κ1) is 8.46. The molecule has 0 amide bonds. The normalized spacial score (nSPS) is 10.0. The van der Waals surface area contributed by atoms with Crippen LogP contribution in [0.3, 0.4) is 0 Å². The molecule has 1 rings (SSSR count). The number of alkyl halides is 1. The quantitative estimate of drug-likeness (QED) is 0.514. The average molecular weight is 172 g/mol. The van der Waals surface area contributed by atoms with Crippen molar-refractivity contribution in [2.75, 3.05) is 12.4 Å². The van der Waals surface area contributed by atoms with Crippen LogP contribution >= 0.6 is 11.8 Å². The molecule has 0 unspecified atom stereocenters. The maximum absolute atomic E-state index is 11.7. The summed E-state index contributed by atoms with van der Waals surface area (Å²) >= 11 is 1.34. The number of thioether (sulfide) groups is 1. The highest BCUT2D eigenvalue weighted by Crippen LogP contribution is 2.11. The fourth-order valence-electron chi connectivity index (χ4n) is 0.625. The highest BCUT2D eigenvalue weighted by molar-refractivity contribution is 7.99. The molecule has 0 bridgehead atoms. The minimum atomic E-state index is -0.331. The third kappa shape index (κ3) is 2.84. The molecule has 11 heavy (non-hydrogen) atoms. The number of hydrogen-bond donors (Lipinski definition) is 0.